The molecule has 1 aromatic heterocycles. The van der Waals surface area contributed by atoms with E-state index in [1.807, 2.05) is 0 Å². The van der Waals surface area contributed by atoms with Gasteiger partial charge < -0.3 is 33.0 Å². The standard InChI is InChI=1S/C4H4N2.4Na.H4O7P2/c1-2-6-4-3-5-1;;;;;1-8(2,3)7-9(4,5)6/h1-4H;;;;;(H2,1,2,3)(H2,4,5,6)/q;4*+1;/p-4. The summed E-state index contributed by atoms with van der Waals surface area (Å²) in [6.45, 7) is 0. The largest absolute Gasteiger partial charge is 1.00 e. The van der Waals surface area contributed by atoms with E-state index in [9.17, 15) is 28.7 Å². The minimum absolute atomic E-state index is 0. The van der Waals surface area contributed by atoms with Crippen LogP contribution < -0.4 is 138 Å². The van der Waals surface area contributed by atoms with E-state index in [1.165, 1.54) is 0 Å². The zero-order valence-electron chi connectivity index (χ0n) is 11.0. The van der Waals surface area contributed by atoms with Crippen molar-refractivity contribution < 1.29 is 151 Å². The van der Waals surface area contributed by atoms with Gasteiger partial charge in [0.2, 0.25) is 0 Å². The van der Waals surface area contributed by atoms with Gasteiger partial charge in [-0.1, -0.05) is 0 Å². The quantitative estimate of drug-likeness (QED) is 0.374. The van der Waals surface area contributed by atoms with Crippen LogP contribution in [0.1, 0.15) is 0 Å². The number of hydrogen-bond acceptors (Lipinski definition) is 9. The van der Waals surface area contributed by atoms with Crippen LogP contribution in [0.2, 0.25) is 0 Å². The van der Waals surface area contributed by atoms with Gasteiger partial charge in [-0.15, -0.1) is 0 Å². The van der Waals surface area contributed by atoms with Crippen LogP contribution in [0.15, 0.2) is 24.8 Å². The molecule has 1 heterocycles. The maximum Gasteiger partial charge on any atom is 1.00 e. The summed E-state index contributed by atoms with van der Waals surface area (Å²) >= 11 is 0. The minimum atomic E-state index is -5.68. The van der Waals surface area contributed by atoms with Gasteiger partial charge in [0.1, 0.15) is 0 Å². The van der Waals surface area contributed by atoms with Gasteiger partial charge >= 0.3 is 118 Å². The summed E-state index contributed by atoms with van der Waals surface area (Å²) in [4.78, 5) is 44.7. The molecular weight excluding hydrogens is 342 g/mol. The van der Waals surface area contributed by atoms with Crippen LogP contribution in [0.25, 0.3) is 0 Å². The molecule has 15 heteroatoms. The molecule has 9 nitrogen and oxygen atoms in total. The molecule has 1 aromatic rings. The van der Waals surface area contributed by atoms with Gasteiger partial charge in [-0.2, -0.15) is 0 Å². The fraction of sp³-hybridized carbons (Fsp3) is 0. The Hall–Kier alpha value is 3.34. The molecule has 0 atom stereocenters. The molecule has 0 amide bonds. The van der Waals surface area contributed by atoms with Crippen LogP contribution in [0, 0.1) is 0 Å². The smallest absolute Gasteiger partial charge is 0.790 e. The van der Waals surface area contributed by atoms with Gasteiger partial charge in [-0.05, 0) is 0 Å². The predicted molar refractivity (Wildman–Crippen MR) is 38.3 cm³/mol. The molecule has 0 radical (unpaired) electrons. The van der Waals surface area contributed by atoms with Gasteiger partial charge in [-0.25, -0.2) is 0 Å². The zero-order chi connectivity index (χ0) is 11.9. The molecule has 0 saturated carbocycles. The summed E-state index contributed by atoms with van der Waals surface area (Å²) < 4.78 is 21.2. The molecule has 1 rings (SSSR count). The first-order valence-corrected chi connectivity index (χ1v) is 6.08. The normalized spacial score (nSPS) is 9.05. The average Bonchev–Trinajstić information content (AvgIpc) is 2.01. The Morgan fingerprint density at radius 1 is 0.684 bits per heavy atom. The van der Waals surface area contributed by atoms with Crippen LogP contribution in [-0.4, -0.2) is 9.97 Å². The first kappa shape index (κ1) is 33.8. The van der Waals surface area contributed by atoms with Crippen molar-refractivity contribution in [2.24, 2.45) is 0 Å². The number of rotatable bonds is 2. The summed E-state index contributed by atoms with van der Waals surface area (Å²) in [5, 5.41) is 0. The van der Waals surface area contributed by atoms with Gasteiger partial charge in [-0.3, -0.25) is 9.97 Å². The predicted octanol–water partition coefficient (Wildman–Crippen LogP) is -14.8. The van der Waals surface area contributed by atoms with Crippen molar-refractivity contribution in [3.63, 3.8) is 0 Å². The van der Waals surface area contributed by atoms with E-state index in [-0.39, 0.29) is 118 Å². The Bertz CT molecular complexity index is 326. The van der Waals surface area contributed by atoms with Gasteiger partial charge in [0, 0.05) is 24.8 Å². The first-order valence-electron chi connectivity index (χ1n) is 3.16. The molecule has 0 aliphatic heterocycles. The van der Waals surface area contributed by atoms with E-state index in [4.69, 9.17) is 0 Å². The van der Waals surface area contributed by atoms with Crippen molar-refractivity contribution in [2.45, 2.75) is 0 Å². The summed E-state index contributed by atoms with van der Waals surface area (Å²) in [7, 11) is -11.4. The van der Waals surface area contributed by atoms with Crippen LogP contribution in [0.3, 0.4) is 0 Å². The maximum atomic E-state index is 9.32. The van der Waals surface area contributed by atoms with Crippen LogP contribution >= 0.6 is 15.6 Å². The molecule has 86 valence electrons. The van der Waals surface area contributed by atoms with E-state index >= 15 is 0 Å². The van der Waals surface area contributed by atoms with Crippen LogP contribution in [-0.2, 0) is 13.4 Å². The second-order valence-corrected chi connectivity index (χ2v) is 4.31. The van der Waals surface area contributed by atoms with Crippen molar-refractivity contribution in [1.82, 2.24) is 9.97 Å². The molecule has 0 unspecified atom stereocenters. The summed E-state index contributed by atoms with van der Waals surface area (Å²) in [5.41, 5.74) is 0. The third kappa shape index (κ3) is 33.9. The third-order valence-electron chi connectivity index (χ3n) is 0.678. The Morgan fingerprint density at radius 2 is 0.895 bits per heavy atom. The van der Waals surface area contributed by atoms with Gasteiger partial charge in [0.05, 0.1) is 15.6 Å². The summed E-state index contributed by atoms with van der Waals surface area (Å²) in [6.07, 6.45) is 6.56. The van der Waals surface area contributed by atoms with Crippen molar-refractivity contribution in [1.29, 1.82) is 0 Å². The van der Waals surface area contributed by atoms with Crippen molar-refractivity contribution >= 4 is 15.6 Å². The molecule has 0 fully saturated rings. The summed E-state index contributed by atoms with van der Waals surface area (Å²) in [5.74, 6) is 0. The first-order chi connectivity index (χ1) is 6.71. The molecular formula is C4H4N2Na4O7P2. The number of phosphoric acid groups is 2. The fourth-order valence-electron chi connectivity index (χ4n) is 0.376. The van der Waals surface area contributed by atoms with Crippen molar-refractivity contribution in [2.75, 3.05) is 0 Å². The van der Waals surface area contributed by atoms with E-state index in [0.29, 0.717) is 0 Å². The van der Waals surface area contributed by atoms with Gasteiger partial charge in [0.15, 0.2) is 0 Å². The fourth-order valence-corrected chi connectivity index (χ4v) is 1.36. The second-order valence-electron chi connectivity index (χ2n) is 1.87. The van der Waals surface area contributed by atoms with Crippen LogP contribution in [0.4, 0.5) is 0 Å². The summed E-state index contributed by atoms with van der Waals surface area (Å²) in [6, 6.07) is 0. The van der Waals surface area contributed by atoms with Crippen molar-refractivity contribution in [3.8, 4) is 0 Å². The Kier molecular flexibility index (Phi) is 31.5. The van der Waals surface area contributed by atoms with E-state index < -0.39 is 15.6 Å². The Balaban J connectivity index is -0.0000000589. The van der Waals surface area contributed by atoms with Crippen LogP contribution in [0.5, 0.6) is 0 Å². The SMILES string of the molecule is O=P([O-])([O-])OP(=O)([O-])[O-].[Na+].[Na+].[Na+].[Na+].c1cnccn1. The Morgan fingerprint density at radius 3 is 0.947 bits per heavy atom. The number of hydrogen-bond donors (Lipinski definition) is 0. The van der Waals surface area contributed by atoms with E-state index in [0.717, 1.165) is 0 Å². The molecule has 0 aliphatic rings. The zero-order valence-corrected chi connectivity index (χ0v) is 20.7. The van der Waals surface area contributed by atoms with Gasteiger partial charge in [0.25, 0.3) is 0 Å². The monoisotopic (exact) mass is 346 g/mol. The Labute approximate surface area is 198 Å². The maximum absolute atomic E-state index is 9.32. The molecule has 0 bridgehead atoms. The number of nitrogens with zero attached hydrogens (tertiary/aromatic N) is 2. The second kappa shape index (κ2) is 17.7. The molecule has 19 heavy (non-hydrogen) atoms. The van der Waals surface area contributed by atoms with Crippen molar-refractivity contribution in [3.05, 3.63) is 24.8 Å². The third-order valence-corrected chi connectivity index (χ3v) is 2.28. The number of aromatic nitrogens is 2. The average molecular weight is 346 g/mol. The molecule has 0 aliphatic carbocycles. The molecule has 0 spiro atoms. The molecule has 0 N–H and O–H groups in total. The molecule has 0 saturated heterocycles. The topological polar surface area (TPSA) is 161 Å². The van der Waals surface area contributed by atoms with E-state index in [1.54, 1.807) is 24.8 Å². The molecule has 0 aromatic carbocycles. The minimum Gasteiger partial charge on any atom is -0.790 e. The van der Waals surface area contributed by atoms with E-state index in [2.05, 4.69) is 14.3 Å².